The smallest absolute Gasteiger partial charge is 0.211 e. The molecule has 0 unspecified atom stereocenters. The van der Waals surface area contributed by atoms with Crippen LogP contribution in [-0.4, -0.2) is 8.42 Å². The summed E-state index contributed by atoms with van der Waals surface area (Å²) in [6.45, 7) is 0. The van der Waals surface area contributed by atoms with Crippen molar-refractivity contribution >= 4 is 43.1 Å². The van der Waals surface area contributed by atoms with Crippen LogP contribution in [0.4, 0.5) is 0 Å². The number of hydrogen-bond acceptors (Lipinski definition) is 2. The van der Waals surface area contributed by atoms with Gasteiger partial charge in [-0.2, -0.15) is 0 Å². The Morgan fingerprint density at radius 2 is 1.36 bits per heavy atom. The Hall–Kier alpha value is -2.79. The summed E-state index contributed by atoms with van der Waals surface area (Å²) in [6.07, 6.45) is 0. The number of aromatic nitrogens is 1. The summed E-state index contributed by atoms with van der Waals surface area (Å²) >= 11 is 0. The van der Waals surface area contributed by atoms with Crippen molar-refractivity contribution in [3.05, 3.63) is 71.5 Å². The largest absolute Gasteiger partial charge is 0.686 e. The Bertz CT molecular complexity index is 1080. The molecule has 1 N–H and O–H groups in total. The first-order chi connectivity index (χ1) is 10.6. The average molecular weight is 308 g/mol. The van der Waals surface area contributed by atoms with Crippen molar-refractivity contribution in [2.24, 2.45) is 0 Å². The van der Waals surface area contributed by atoms with E-state index in [0.29, 0.717) is 0 Å². The van der Waals surface area contributed by atoms with E-state index in [4.69, 9.17) is 13.2 Å². The van der Waals surface area contributed by atoms with E-state index in [1.165, 1.54) is 32.6 Å². The molecule has 0 spiro atoms. The Morgan fingerprint density at radius 3 is 2.14 bits per heavy atom. The lowest BCUT2D eigenvalue weighted by atomic mass is 10.0. The molecule has 1 heterocycles. The first kappa shape index (κ1) is 14.2. The molecule has 22 heavy (non-hydrogen) atoms. The highest BCUT2D eigenvalue weighted by atomic mass is 32.2. The molecular formula is C17H12N2O2S. The number of nitrogens with one attached hydrogen (secondary N) is 1. The number of fused-ring (bicyclic) bond motifs is 4. The second kappa shape index (κ2) is 5.91. The van der Waals surface area contributed by atoms with Crippen molar-refractivity contribution < 1.29 is 13.4 Å². The number of rotatable bonds is 0. The summed E-state index contributed by atoms with van der Waals surface area (Å²) in [5.74, 6) is 0. The molecule has 0 aliphatic heterocycles. The molecule has 108 valence electrons. The maximum Gasteiger partial charge on any atom is 0.211 e. The Kier molecular flexibility index (Phi) is 3.80. The predicted molar refractivity (Wildman–Crippen MR) is 87.8 cm³/mol. The molecule has 0 aliphatic carbocycles. The zero-order valence-electron chi connectivity index (χ0n) is 11.5. The maximum atomic E-state index is 8.56. The normalized spacial score (nSPS) is 10.4. The molecule has 0 amide bonds. The second-order valence-corrected chi connectivity index (χ2v) is 5.26. The topological polar surface area (TPSA) is 70.6 Å². The number of hydrogen-bond donors (Lipinski definition) is 0. The summed E-state index contributed by atoms with van der Waals surface area (Å²) in [5, 5.41) is 5.12. The van der Waals surface area contributed by atoms with E-state index in [0.717, 1.165) is 0 Å². The average Bonchev–Trinajstić information content (AvgIpc) is 2.52. The van der Waals surface area contributed by atoms with Crippen LogP contribution in [-0.2, 0) is 10.5 Å². The van der Waals surface area contributed by atoms with Crippen molar-refractivity contribution in [3.63, 3.8) is 0 Å². The molecular weight excluding hydrogens is 296 g/mol. The number of nitrogens with zero attached hydrogens (tertiary/aromatic N) is 1. The Labute approximate surface area is 128 Å². The van der Waals surface area contributed by atoms with Gasteiger partial charge < -0.3 is 4.78 Å². The third-order valence-electron chi connectivity index (χ3n) is 3.50. The van der Waals surface area contributed by atoms with Gasteiger partial charge in [0.2, 0.25) is 11.0 Å². The number of para-hydroxylation sites is 1. The lowest BCUT2D eigenvalue weighted by Gasteiger charge is -2.01. The van der Waals surface area contributed by atoms with Crippen molar-refractivity contribution in [3.8, 4) is 0 Å². The van der Waals surface area contributed by atoms with E-state index < -0.39 is 10.5 Å². The van der Waals surface area contributed by atoms with Crippen LogP contribution < -0.4 is 4.98 Å². The van der Waals surface area contributed by atoms with E-state index in [9.17, 15) is 0 Å². The Morgan fingerprint density at radius 1 is 0.727 bits per heavy atom. The summed E-state index contributed by atoms with van der Waals surface area (Å²) in [5.41, 5.74) is 2.37. The van der Waals surface area contributed by atoms with Crippen LogP contribution in [0.25, 0.3) is 37.4 Å². The van der Waals surface area contributed by atoms with Gasteiger partial charge in [-0.15, -0.1) is 0 Å². The molecule has 3 aromatic carbocycles. The standard InChI is InChI=1S/C17H11N.NO2S/c1-3-7-14-12(5-1)9-10-17-15(14)11-13-6-2-4-8-16(13)18-17;1-4(2)3/h1-11H;/q;-1/p+1. The van der Waals surface area contributed by atoms with Crippen LogP contribution in [0.1, 0.15) is 0 Å². The van der Waals surface area contributed by atoms with Crippen LogP contribution >= 0.6 is 0 Å². The van der Waals surface area contributed by atoms with Crippen molar-refractivity contribution in [1.29, 1.82) is 0 Å². The monoisotopic (exact) mass is 308 g/mol. The van der Waals surface area contributed by atoms with Gasteiger partial charge in [-0.25, -0.2) is 13.4 Å². The molecule has 0 radical (unpaired) electrons. The van der Waals surface area contributed by atoms with Gasteiger partial charge in [-0.3, -0.25) is 0 Å². The zero-order valence-corrected chi connectivity index (χ0v) is 12.3. The minimum atomic E-state index is -2.86. The predicted octanol–water partition coefficient (Wildman–Crippen LogP) is 3.58. The summed E-state index contributed by atoms with van der Waals surface area (Å²) in [6, 6.07) is 23.5. The second-order valence-electron chi connectivity index (χ2n) is 4.82. The fraction of sp³-hybridized carbons (Fsp3) is 0. The minimum Gasteiger partial charge on any atom is -0.686 e. The van der Waals surface area contributed by atoms with E-state index in [-0.39, 0.29) is 0 Å². The molecule has 0 atom stereocenters. The highest BCUT2D eigenvalue weighted by molar-refractivity contribution is 7.63. The van der Waals surface area contributed by atoms with Crippen LogP contribution in [0, 0.1) is 0 Å². The van der Waals surface area contributed by atoms with Crippen molar-refractivity contribution in [2.75, 3.05) is 0 Å². The van der Waals surface area contributed by atoms with E-state index in [1.54, 1.807) is 0 Å². The van der Waals surface area contributed by atoms with E-state index in [2.05, 4.69) is 71.7 Å². The van der Waals surface area contributed by atoms with E-state index >= 15 is 0 Å². The number of pyridine rings is 1. The number of H-pyrrole nitrogens is 1. The molecule has 1 aromatic heterocycles. The van der Waals surface area contributed by atoms with Crippen LogP contribution in [0.3, 0.4) is 0 Å². The lowest BCUT2D eigenvalue weighted by Crippen LogP contribution is -2.04. The first-order valence-corrected chi connectivity index (χ1v) is 7.69. The van der Waals surface area contributed by atoms with Gasteiger partial charge in [0.25, 0.3) is 0 Å². The molecule has 0 saturated carbocycles. The van der Waals surface area contributed by atoms with Crippen molar-refractivity contribution in [2.45, 2.75) is 0 Å². The number of aromatic amines is 1. The van der Waals surface area contributed by atoms with Gasteiger partial charge in [0.05, 0.1) is 5.39 Å². The number of benzene rings is 3. The van der Waals surface area contributed by atoms with Gasteiger partial charge in [0.15, 0.2) is 0 Å². The van der Waals surface area contributed by atoms with Crippen LogP contribution in [0.2, 0.25) is 0 Å². The van der Waals surface area contributed by atoms with Gasteiger partial charge in [0, 0.05) is 17.5 Å². The molecule has 0 bridgehead atoms. The quantitative estimate of drug-likeness (QED) is 0.368. The maximum absolute atomic E-state index is 8.56. The summed E-state index contributed by atoms with van der Waals surface area (Å²) in [4.78, 5) is 3.50. The van der Waals surface area contributed by atoms with Crippen LogP contribution in [0.5, 0.6) is 0 Å². The zero-order chi connectivity index (χ0) is 15.5. The van der Waals surface area contributed by atoms with E-state index in [1.807, 2.05) is 0 Å². The lowest BCUT2D eigenvalue weighted by molar-refractivity contribution is -0.310. The minimum absolute atomic E-state index is 1.18. The summed E-state index contributed by atoms with van der Waals surface area (Å²) < 4.78 is 24.1. The molecule has 0 saturated heterocycles. The SMILES string of the molecule is [N-]=S(=O)=O.c1ccc2[nH+]c3ccc4ccccc4c3cc2c1. The Balaban J connectivity index is 0.000000325. The molecule has 4 rings (SSSR count). The molecule has 0 aliphatic rings. The molecule has 0 fully saturated rings. The van der Waals surface area contributed by atoms with Gasteiger partial charge >= 0.3 is 0 Å². The van der Waals surface area contributed by atoms with Gasteiger partial charge in [-0.05, 0) is 29.0 Å². The fourth-order valence-electron chi connectivity index (χ4n) is 2.60. The first-order valence-electron chi connectivity index (χ1n) is 6.66. The van der Waals surface area contributed by atoms with Crippen molar-refractivity contribution in [1.82, 2.24) is 0 Å². The molecule has 4 nitrogen and oxygen atoms in total. The van der Waals surface area contributed by atoms with Crippen LogP contribution in [0.15, 0.2) is 66.7 Å². The third kappa shape index (κ3) is 2.80. The third-order valence-corrected chi connectivity index (χ3v) is 3.50. The highest BCUT2D eigenvalue weighted by Gasteiger charge is 2.07. The van der Waals surface area contributed by atoms with Gasteiger partial charge in [0.1, 0.15) is 10.5 Å². The highest BCUT2D eigenvalue weighted by Crippen LogP contribution is 2.25. The molecule has 5 heteroatoms. The van der Waals surface area contributed by atoms with Gasteiger partial charge in [-0.1, -0.05) is 36.4 Å². The molecule has 4 aromatic rings. The fourth-order valence-corrected chi connectivity index (χ4v) is 2.60. The summed E-state index contributed by atoms with van der Waals surface area (Å²) in [7, 11) is -2.86.